The smallest absolute Gasteiger partial charge is 0.191 e. The van der Waals surface area contributed by atoms with Gasteiger partial charge >= 0.3 is 0 Å². The Morgan fingerprint density at radius 2 is 1.93 bits per heavy atom. The highest BCUT2D eigenvalue weighted by molar-refractivity contribution is 14.0. The van der Waals surface area contributed by atoms with E-state index >= 15 is 0 Å². The number of nitrogens with zero attached hydrogens (tertiary/aromatic N) is 3. The second kappa shape index (κ2) is 9.93. The van der Waals surface area contributed by atoms with Crippen molar-refractivity contribution in [1.82, 2.24) is 20.4 Å². The minimum atomic E-state index is 0. The fourth-order valence-corrected chi connectivity index (χ4v) is 3.82. The van der Waals surface area contributed by atoms with E-state index in [0.717, 1.165) is 37.3 Å². The zero-order valence-corrected chi connectivity index (χ0v) is 18.5. The van der Waals surface area contributed by atoms with Crippen LogP contribution in [0.15, 0.2) is 29.3 Å². The SMILES string of the molecule is CN=C(NCc1ccccc1OCC1CC1)NCC1CN2CCN1CC2.I. The maximum absolute atomic E-state index is 6.00. The largest absolute Gasteiger partial charge is 0.493 e. The number of hydrogen-bond donors (Lipinski definition) is 2. The first-order valence-electron chi connectivity index (χ1n) is 9.93. The average Bonchev–Trinajstić information content (AvgIpc) is 3.53. The van der Waals surface area contributed by atoms with Gasteiger partial charge in [0.25, 0.3) is 0 Å². The van der Waals surface area contributed by atoms with Crippen molar-refractivity contribution >= 4 is 29.9 Å². The maximum atomic E-state index is 6.00. The van der Waals surface area contributed by atoms with E-state index in [1.165, 1.54) is 51.1 Å². The topological polar surface area (TPSA) is 52.1 Å². The third-order valence-electron chi connectivity index (χ3n) is 5.71. The minimum absolute atomic E-state index is 0. The highest BCUT2D eigenvalue weighted by atomic mass is 127. The third-order valence-corrected chi connectivity index (χ3v) is 5.71. The van der Waals surface area contributed by atoms with Crippen molar-refractivity contribution in [1.29, 1.82) is 0 Å². The lowest BCUT2D eigenvalue weighted by molar-refractivity contribution is 0.0154. The van der Waals surface area contributed by atoms with Crippen LogP contribution in [-0.4, -0.2) is 74.7 Å². The second-order valence-corrected chi connectivity index (χ2v) is 7.66. The van der Waals surface area contributed by atoms with E-state index in [1.54, 1.807) is 0 Å². The Balaban J connectivity index is 0.00000210. The first-order chi connectivity index (χ1) is 12.8. The van der Waals surface area contributed by atoms with Crippen molar-refractivity contribution in [2.24, 2.45) is 10.9 Å². The molecule has 1 aromatic carbocycles. The van der Waals surface area contributed by atoms with Gasteiger partial charge in [0.1, 0.15) is 5.75 Å². The molecule has 0 aromatic heterocycles. The molecule has 1 aromatic rings. The summed E-state index contributed by atoms with van der Waals surface area (Å²) in [4.78, 5) is 9.55. The lowest BCUT2D eigenvalue weighted by atomic mass is 10.1. The van der Waals surface area contributed by atoms with Gasteiger partial charge in [0.15, 0.2) is 5.96 Å². The summed E-state index contributed by atoms with van der Waals surface area (Å²) in [7, 11) is 1.83. The number of halogens is 1. The predicted molar refractivity (Wildman–Crippen MR) is 120 cm³/mol. The van der Waals surface area contributed by atoms with E-state index in [-0.39, 0.29) is 24.0 Å². The molecule has 6 nitrogen and oxygen atoms in total. The number of guanidine groups is 1. The minimum Gasteiger partial charge on any atom is -0.493 e. The second-order valence-electron chi connectivity index (χ2n) is 7.66. The number of para-hydroxylation sites is 1. The number of aliphatic imine (C=N–C) groups is 1. The first kappa shape index (κ1) is 20.7. The van der Waals surface area contributed by atoms with Gasteiger partial charge in [0, 0.05) is 64.5 Å². The van der Waals surface area contributed by atoms with Gasteiger partial charge in [-0.1, -0.05) is 18.2 Å². The molecule has 2 bridgehead atoms. The van der Waals surface area contributed by atoms with Crippen LogP contribution in [0.25, 0.3) is 0 Å². The van der Waals surface area contributed by atoms with Crippen molar-refractivity contribution in [2.45, 2.75) is 25.4 Å². The molecule has 27 heavy (non-hydrogen) atoms. The molecule has 5 rings (SSSR count). The normalized spacial score (nSPS) is 27.0. The van der Waals surface area contributed by atoms with E-state index in [0.29, 0.717) is 6.04 Å². The van der Waals surface area contributed by atoms with Crippen LogP contribution in [0.2, 0.25) is 0 Å². The molecule has 4 fully saturated rings. The zero-order chi connectivity index (χ0) is 17.8. The molecule has 7 heteroatoms. The van der Waals surface area contributed by atoms with E-state index < -0.39 is 0 Å². The Morgan fingerprint density at radius 1 is 1.15 bits per heavy atom. The highest BCUT2D eigenvalue weighted by Gasteiger charge is 2.31. The van der Waals surface area contributed by atoms with Gasteiger partial charge in [-0.15, -0.1) is 24.0 Å². The molecule has 3 heterocycles. The van der Waals surface area contributed by atoms with E-state index in [9.17, 15) is 0 Å². The molecular formula is C20H32IN5O. The Labute approximate surface area is 179 Å². The van der Waals surface area contributed by atoms with E-state index in [2.05, 4.69) is 43.6 Å². The highest BCUT2D eigenvalue weighted by Crippen LogP contribution is 2.30. The molecule has 1 aliphatic carbocycles. The van der Waals surface area contributed by atoms with Crippen molar-refractivity contribution in [3.8, 4) is 5.75 Å². The van der Waals surface area contributed by atoms with Gasteiger partial charge in [0.05, 0.1) is 6.61 Å². The van der Waals surface area contributed by atoms with Crippen LogP contribution in [0.4, 0.5) is 0 Å². The van der Waals surface area contributed by atoms with E-state index in [4.69, 9.17) is 4.74 Å². The number of piperazine rings is 3. The van der Waals surface area contributed by atoms with Gasteiger partial charge in [-0.3, -0.25) is 14.8 Å². The zero-order valence-electron chi connectivity index (χ0n) is 16.2. The molecule has 1 atom stereocenters. The van der Waals surface area contributed by atoms with Crippen LogP contribution in [0.1, 0.15) is 18.4 Å². The first-order valence-corrected chi connectivity index (χ1v) is 9.93. The molecule has 0 spiro atoms. The van der Waals surface area contributed by atoms with Crippen LogP contribution in [0, 0.1) is 5.92 Å². The number of benzene rings is 1. The van der Waals surface area contributed by atoms with Gasteiger partial charge in [-0.2, -0.15) is 0 Å². The molecule has 1 unspecified atom stereocenters. The fourth-order valence-electron chi connectivity index (χ4n) is 3.82. The van der Waals surface area contributed by atoms with E-state index in [1.807, 2.05) is 13.1 Å². The number of ether oxygens (including phenoxy) is 1. The summed E-state index contributed by atoms with van der Waals surface area (Å²) in [5, 5.41) is 6.94. The predicted octanol–water partition coefficient (Wildman–Crippen LogP) is 1.76. The Bertz CT molecular complexity index is 629. The lowest BCUT2D eigenvalue weighted by Gasteiger charge is -2.47. The Hall–Kier alpha value is -1.06. The van der Waals surface area contributed by atoms with Gasteiger partial charge in [-0.25, -0.2) is 0 Å². The van der Waals surface area contributed by atoms with Crippen LogP contribution in [-0.2, 0) is 6.54 Å². The van der Waals surface area contributed by atoms with Crippen LogP contribution in [0.5, 0.6) is 5.75 Å². The number of nitrogens with one attached hydrogen (secondary N) is 2. The molecule has 3 saturated heterocycles. The summed E-state index contributed by atoms with van der Waals surface area (Å²) >= 11 is 0. The molecule has 4 aliphatic rings. The summed E-state index contributed by atoms with van der Waals surface area (Å²) in [6.07, 6.45) is 2.62. The van der Waals surface area contributed by atoms with Gasteiger partial charge < -0.3 is 15.4 Å². The molecule has 1 saturated carbocycles. The monoisotopic (exact) mass is 485 g/mol. The lowest BCUT2D eigenvalue weighted by Crippen LogP contribution is -2.63. The number of hydrogen-bond acceptors (Lipinski definition) is 4. The Kier molecular flexibility index (Phi) is 7.60. The number of rotatable bonds is 7. The molecular weight excluding hydrogens is 453 g/mol. The molecule has 3 aliphatic heterocycles. The quantitative estimate of drug-likeness (QED) is 0.350. The van der Waals surface area contributed by atoms with Crippen molar-refractivity contribution in [3.63, 3.8) is 0 Å². The summed E-state index contributed by atoms with van der Waals surface area (Å²) < 4.78 is 6.00. The Morgan fingerprint density at radius 3 is 2.59 bits per heavy atom. The standard InChI is InChI=1S/C20H31N5O.HI/c1-21-20(23-13-18-14-24-8-10-25(18)11-9-24)22-12-17-4-2-3-5-19(17)26-15-16-6-7-16;/h2-5,16,18H,6-15H2,1H3,(H2,21,22,23);1H. The van der Waals surface area contributed by atoms with Crippen LogP contribution < -0.4 is 15.4 Å². The van der Waals surface area contributed by atoms with Crippen molar-refractivity contribution in [3.05, 3.63) is 29.8 Å². The summed E-state index contributed by atoms with van der Waals surface area (Å²) in [6.45, 7) is 8.52. The van der Waals surface area contributed by atoms with Crippen LogP contribution >= 0.6 is 24.0 Å². The molecule has 0 amide bonds. The van der Waals surface area contributed by atoms with Gasteiger partial charge in [0.2, 0.25) is 0 Å². The third kappa shape index (κ3) is 5.71. The molecule has 0 radical (unpaired) electrons. The number of fused-ring (bicyclic) bond motifs is 3. The fraction of sp³-hybridized carbons (Fsp3) is 0.650. The molecule has 2 N–H and O–H groups in total. The van der Waals surface area contributed by atoms with Gasteiger partial charge in [-0.05, 0) is 24.8 Å². The summed E-state index contributed by atoms with van der Waals surface area (Å²) in [5.41, 5.74) is 1.18. The van der Waals surface area contributed by atoms with Crippen molar-refractivity contribution in [2.75, 3.05) is 52.9 Å². The summed E-state index contributed by atoms with van der Waals surface area (Å²) in [6, 6.07) is 8.89. The maximum Gasteiger partial charge on any atom is 0.191 e. The molecule has 150 valence electrons. The van der Waals surface area contributed by atoms with Crippen LogP contribution in [0.3, 0.4) is 0 Å². The summed E-state index contributed by atoms with van der Waals surface area (Å²) in [5.74, 6) is 2.62. The van der Waals surface area contributed by atoms with Crippen molar-refractivity contribution < 1.29 is 4.74 Å². The average molecular weight is 485 g/mol.